The lowest BCUT2D eigenvalue weighted by molar-refractivity contribution is -0.121. The highest BCUT2D eigenvalue weighted by Gasteiger charge is 2.29. The van der Waals surface area contributed by atoms with Crippen molar-refractivity contribution in [3.05, 3.63) is 29.3 Å². The summed E-state index contributed by atoms with van der Waals surface area (Å²) in [6.07, 6.45) is -2.69. The molecule has 1 heterocycles. The highest BCUT2D eigenvalue weighted by molar-refractivity contribution is 7.87. The second-order valence-electron chi connectivity index (χ2n) is 4.74. The van der Waals surface area contributed by atoms with Gasteiger partial charge in [-0.05, 0) is 24.0 Å². The van der Waals surface area contributed by atoms with E-state index in [2.05, 4.69) is 10.0 Å². The van der Waals surface area contributed by atoms with E-state index >= 15 is 0 Å². The lowest BCUT2D eigenvalue weighted by Gasteiger charge is -2.21. The van der Waals surface area contributed by atoms with Gasteiger partial charge in [0.05, 0.1) is 0 Å². The van der Waals surface area contributed by atoms with Crippen LogP contribution in [-0.4, -0.2) is 27.7 Å². The smallest absolute Gasteiger partial charge is 0.385 e. The van der Waals surface area contributed by atoms with Gasteiger partial charge >= 0.3 is 6.18 Å². The molecule has 9 heteroatoms. The van der Waals surface area contributed by atoms with Crippen molar-refractivity contribution in [2.45, 2.75) is 25.6 Å². The third-order valence-electron chi connectivity index (χ3n) is 3.08. The Labute approximate surface area is 121 Å². The van der Waals surface area contributed by atoms with Gasteiger partial charge in [-0.1, -0.05) is 18.2 Å². The third kappa shape index (κ3) is 4.87. The number of alkyl halides is 3. The molecule has 0 fully saturated rings. The minimum absolute atomic E-state index is 0.0661. The maximum atomic E-state index is 12.0. The molecule has 0 aliphatic carbocycles. The van der Waals surface area contributed by atoms with Crippen LogP contribution in [0.1, 0.15) is 17.5 Å². The van der Waals surface area contributed by atoms with E-state index in [0.29, 0.717) is 5.56 Å². The van der Waals surface area contributed by atoms with Gasteiger partial charge in [0.25, 0.3) is 10.2 Å². The lowest BCUT2D eigenvalue weighted by atomic mass is 9.99. The Hall–Kier alpha value is -1.32. The van der Waals surface area contributed by atoms with Crippen molar-refractivity contribution in [2.24, 2.45) is 0 Å². The normalized spacial score (nSPS) is 15.4. The fourth-order valence-electron chi connectivity index (χ4n) is 2.13. The van der Waals surface area contributed by atoms with Crippen molar-refractivity contribution in [3.8, 4) is 0 Å². The summed E-state index contributed by atoms with van der Waals surface area (Å²) in [4.78, 5) is 0. The van der Waals surface area contributed by atoms with Crippen LogP contribution in [-0.2, 0) is 23.2 Å². The molecule has 0 radical (unpaired) electrons. The molecule has 0 saturated carbocycles. The molecule has 0 amide bonds. The Bertz CT molecular complexity index is 602. The molecule has 0 bridgehead atoms. The van der Waals surface area contributed by atoms with E-state index in [9.17, 15) is 21.6 Å². The first kappa shape index (κ1) is 16.1. The Balaban J connectivity index is 2.00. The van der Waals surface area contributed by atoms with Crippen molar-refractivity contribution in [1.82, 2.24) is 9.44 Å². The van der Waals surface area contributed by atoms with Crippen LogP contribution >= 0.6 is 0 Å². The molecule has 0 atom stereocenters. The first-order valence-corrected chi connectivity index (χ1v) is 7.91. The SMILES string of the molecule is O=S(=O)(NCc1cccc2c1NCCC2)NCC(F)(F)F. The van der Waals surface area contributed by atoms with E-state index in [0.717, 1.165) is 30.6 Å². The summed E-state index contributed by atoms with van der Waals surface area (Å²) >= 11 is 0. The summed E-state index contributed by atoms with van der Waals surface area (Å²) in [6.45, 7) is -0.861. The van der Waals surface area contributed by atoms with Crippen molar-refractivity contribution >= 4 is 15.9 Å². The van der Waals surface area contributed by atoms with Gasteiger partial charge in [-0.25, -0.2) is 0 Å². The molecule has 0 aromatic heterocycles. The van der Waals surface area contributed by atoms with Crippen LogP contribution in [0.25, 0.3) is 0 Å². The summed E-state index contributed by atoms with van der Waals surface area (Å²) in [5, 5.41) is 3.19. The molecule has 0 saturated heterocycles. The van der Waals surface area contributed by atoms with Crippen LogP contribution in [0.15, 0.2) is 18.2 Å². The maximum absolute atomic E-state index is 12.0. The second kappa shape index (κ2) is 6.20. The highest BCUT2D eigenvalue weighted by atomic mass is 32.2. The summed E-state index contributed by atoms with van der Waals surface area (Å²) in [6, 6.07) is 5.49. The molecule has 1 aliphatic rings. The lowest BCUT2D eigenvalue weighted by Crippen LogP contribution is -2.41. The monoisotopic (exact) mass is 323 g/mol. The van der Waals surface area contributed by atoms with Crippen LogP contribution in [0.4, 0.5) is 18.9 Å². The predicted molar refractivity (Wildman–Crippen MR) is 73.1 cm³/mol. The quantitative estimate of drug-likeness (QED) is 0.770. The summed E-state index contributed by atoms with van der Waals surface area (Å²) in [7, 11) is -4.19. The van der Waals surface area contributed by atoms with Crippen molar-refractivity contribution < 1.29 is 21.6 Å². The Morgan fingerprint density at radius 3 is 2.71 bits per heavy atom. The minimum Gasteiger partial charge on any atom is -0.385 e. The van der Waals surface area contributed by atoms with Crippen LogP contribution in [0, 0.1) is 0 Å². The van der Waals surface area contributed by atoms with Gasteiger partial charge in [0.2, 0.25) is 0 Å². The van der Waals surface area contributed by atoms with Crippen LogP contribution in [0.5, 0.6) is 0 Å². The first-order valence-electron chi connectivity index (χ1n) is 6.42. The molecule has 21 heavy (non-hydrogen) atoms. The fourth-order valence-corrected chi connectivity index (χ4v) is 2.93. The maximum Gasteiger partial charge on any atom is 0.402 e. The second-order valence-corrected chi connectivity index (χ2v) is 6.33. The van der Waals surface area contributed by atoms with Gasteiger partial charge < -0.3 is 5.32 Å². The molecule has 0 unspecified atom stereocenters. The summed E-state index contributed by atoms with van der Waals surface area (Å²) in [5.74, 6) is 0. The Morgan fingerprint density at radius 2 is 2.00 bits per heavy atom. The fraction of sp³-hybridized carbons (Fsp3) is 0.500. The van der Waals surface area contributed by atoms with Gasteiger partial charge in [-0.15, -0.1) is 0 Å². The van der Waals surface area contributed by atoms with Crippen LogP contribution in [0.3, 0.4) is 0 Å². The first-order chi connectivity index (χ1) is 9.77. The van der Waals surface area contributed by atoms with E-state index in [1.807, 2.05) is 6.07 Å². The molecule has 1 aromatic rings. The summed E-state index contributed by atoms with van der Waals surface area (Å²) < 4.78 is 62.6. The zero-order valence-corrected chi connectivity index (χ0v) is 11.9. The molecule has 118 valence electrons. The predicted octanol–water partition coefficient (Wildman–Crippen LogP) is 1.53. The number of nitrogens with one attached hydrogen (secondary N) is 3. The van der Waals surface area contributed by atoms with Gasteiger partial charge in [0, 0.05) is 18.8 Å². The van der Waals surface area contributed by atoms with E-state index < -0.39 is 22.9 Å². The highest BCUT2D eigenvalue weighted by Crippen LogP contribution is 2.25. The standard InChI is InChI=1S/C12H16F3N3O2S/c13-12(14,15)8-18-21(19,20)17-7-10-4-1-3-9-5-2-6-16-11(9)10/h1,3-4,16-18H,2,5-8H2. The Morgan fingerprint density at radius 1 is 1.24 bits per heavy atom. The molecule has 3 N–H and O–H groups in total. The third-order valence-corrected chi connectivity index (χ3v) is 4.13. The molecule has 0 spiro atoms. The minimum atomic E-state index is -4.58. The van der Waals surface area contributed by atoms with Crippen molar-refractivity contribution in [2.75, 3.05) is 18.4 Å². The largest absolute Gasteiger partial charge is 0.402 e. The molecular weight excluding hydrogens is 307 g/mol. The number of para-hydroxylation sites is 1. The Kier molecular flexibility index (Phi) is 4.74. The molecule has 1 aliphatic heterocycles. The molecule has 2 rings (SSSR count). The molecular formula is C12H16F3N3O2S. The van der Waals surface area contributed by atoms with Crippen molar-refractivity contribution in [1.29, 1.82) is 0 Å². The van der Waals surface area contributed by atoms with Gasteiger partial charge in [-0.3, -0.25) is 0 Å². The van der Waals surface area contributed by atoms with Gasteiger partial charge in [-0.2, -0.15) is 31.0 Å². The van der Waals surface area contributed by atoms with Crippen LogP contribution < -0.4 is 14.8 Å². The average Bonchev–Trinajstić information content (AvgIpc) is 2.42. The van der Waals surface area contributed by atoms with Gasteiger partial charge in [0.1, 0.15) is 6.54 Å². The molecule has 1 aromatic carbocycles. The van der Waals surface area contributed by atoms with Crippen molar-refractivity contribution in [3.63, 3.8) is 0 Å². The summed E-state index contributed by atoms with van der Waals surface area (Å²) in [5.41, 5.74) is 2.66. The number of rotatable bonds is 5. The van der Waals surface area contributed by atoms with Crippen LogP contribution in [0.2, 0.25) is 0 Å². The number of halogens is 3. The van der Waals surface area contributed by atoms with E-state index in [-0.39, 0.29) is 6.54 Å². The number of benzene rings is 1. The number of hydrogen-bond donors (Lipinski definition) is 3. The van der Waals surface area contributed by atoms with Gasteiger partial charge in [0.15, 0.2) is 0 Å². The van der Waals surface area contributed by atoms with E-state index in [1.54, 1.807) is 12.1 Å². The number of aryl methyl sites for hydroxylation is 1. The average molecular weight is 323 g/mol. The van der Waals surface area contributed by atoms with E-state index in [1.165, 1.54) is 4.72 Å². The zero-order valence-electron chi connectivity index (χ0n) is 11.1. The number of hydrogen-bond acceptors (Lipinski definition) is 3. The zero-order chi connectivity index (χ0) is 15.5. The van der Waals surface area contributed by atoms with E-state index in [4.69, 9.17) is 0 Å². The topological polar surface area (TPSA) is 70.2 Å². The number of anilines is 1. The number of fused-ring (bicyclic) bond motifs is 1. The molecule has 5 nitrogen and oxygen atoms in total.